The van der Waals surface area contributed by atoms with Crippen LogP contribution in [0.4, 0.5) is 8.78 Å². The van der Waals surface area contributed by atoms with Crippen molar-refractivity contribution in [3.63, 3.8) is 0 Å². The molecule has 1 rings (SSSR count). The summed E-state index contributed by atoms with van der Waals surface area (Å²) in [5, 5.41) is 10.2. The van der Waals surface area contributed by atoms with Crippen molar-refractivity contribution in [1.29, 1.82) is 0 Å². The van der Waals surface area contributed by atoms with Crippen LogP contribution in [0.25, 0.3) is 0 Å². The first kappa shape index (κ1) is 16.0. The lowest BCUT2D eigenvalue weighted by atomic mass is 10.3. The van der Waals surface area contributed by atoms with E-state index in [1.54, 1.807) is 4.72 Å². The molecule has 1 aromatic rings. The molecule has 0 radical (unpaired) electrons. The molecule has 0 aliphatic carbocycles. The van der Waals surface area contributed by atoms with Gasteiger partial charge in [0.1, 0.15) is 23.1 Å². The van der Waals surface area contributed by atoms with Gasteiger partial charge in [0, 0.05) is 0 Å². The molecule has 0 aliphatic heterocycles. The minimum absolute atomic E-state index is 0.465. The third-order valence-electron chi connectivity index (χ3n) is 2.04. The molecule has 7 nitrogen and oxygen atoms in total. The van der Waals surface area contributed by atoms with Crippen LogP contribution in [0.5, 0.6) is 0 Å². The van der Waals surface area contributed by atoms with Crippen LogP contribution in [0.3, 0.4) is 0 Å². The first-order chi connectivity index (χ1) is 9.22. The van der Waals surface area contributed by atoms with Crippen LogP contribution in [-0.4, -0.2) is 38.5 Å². The summed E-state index contributed by atoms with van der Waals surface area (Å²) in [4.78, 5) is 20.3. The van der Waals surface area contributed by atoms with E-state index in [0.29, 0.717) is 12.1 Å². The maximum absolute atomic E-state index is 13.3. The lowest BCUT2D eigenvalue weighted by molar-refractivity contribution is -0.137. The molecule has 1 aromatic carbocycles. The highest BCUT2D eigenvalue weighted by Gasteiger charge is 2.20. The minimum Gasteiger partial charge on any atom is -0.480 e. The van der Waals surface area contributed by atoms with E-state index in [-0.39, 0.29) is 0 Å². The smallest absolute Gasteiger partial charge is 0.322 e. The van der Waals surface area contributed by atoms with Crippen molar-refractivity contribution in [2.45, 2.75) is 4.90 Å². The van der Waals surface area contributed by atoms with Gasteiger partial charge in [0.05, 0.1) is 6.54 Å². The van der Waals surface area contributed by atoms with Crippen molar-refractivity contribution in [2.24, 2.45) is 0 Å². The van der Waals surface area contributed by atoms with Crippen molar-refractivity contribution >= 4 is 21.9 Å². The quantitative estimate of drug-likeness (QED) is 0.652. The highest BCUT2D eigenvalue weighted by molar-refractivity contribution is 7.89. The normalized spacial score (nSPS) is 11.1. The zero-order chi connectivity index (χ0) is 15.3. The molecule has 0 bridgehead atoms. The van der Waals surface area contributed by atoms with Gasteiger partial charge in [0.15, 0.2) is 0 Å². The maximum atomic E-state index is 13.3. The van der Waals surface area contributed by atoms with Crippen molar-refractivity contribution in [3.8, 4) is 0 Å². The Bertz CT molecular complexity index is 633. The molecule has 0 aromatic heterocycles. The number of rotatable bonds is 6. The number of halogens is 2. The number of nitrogens with one attached hydrogen (secondary N) is 2. The number of carboxylic acid groups (broad SMARTS) is 1. The van der Waals surface area contributed by atoms with E-state index in [1.807, 2.05) is 5.32 Å². The van der Waals surface area contributed by atoms with Gasteiger partial charge in [-0.05, 0) is 18.2 Å². The molecule has 0 atom stereocenters. The number of carbonyl (C=O) groups excluding carboxylic acids is 1. The second-order valence-corrected chi connectivity index (χ2v) is 5.31. The molecule has 0 saturated carbocycles. The van der Waals surface area contributed by atoms with Crippen molar-refractivity contribution in [2.75, 3.05) is 13.1 Å². The van der Waals surface area contributed by atoms with E-state index >= 15 is 0 Å². The first-order valence-corrected chi connectivity index (χ1v) is 6.64. The van der Waals surface area contributed by atoms with Gasteiger partial charge < -0.3 is 10.4 Å². The van der Waals surface area contributed by atoms with Crippen LogP contribution >= 0.6 is 0 Å². The molecule has 20 heavy (non-hydrogen) atoms. The van der Waals surface area contributed by atoms with Gasteiger partial charge in [0.25, 0.3) is 0 Å². The largest absolute Gasteiger partial charge is 0.480 e. The molecule has 0 heterocycles. The predicted octanol–water partition coefficient (Wildman–Crippen LogP) is -0.556. The molecule has 1 amide bonds. The Labute approximate surface area is 112 Å². The van der Waals surface area contributed by atoms with Gasteiger partial charge in [-0.3, -0.25) is 9.59 Å². The Kier molecular flexibility index (Phi) is 5.11. The number of hydrogen-bond donors (Lipinski definition) is 3. The standard InChI is InChI=1S/C10H10F2N2O5S/c11-6-1-2-7(12)8(3-6)20(18,19)14-4-9(15)13-5-10(16)17/h1-3,14H,4-5H2,(H,13,15)(H,16,17). The maximum Gasteiger partial charge on any atom is 0.322 e. The number of carboxylic acids is 1. The number of aliphatic carboxylic acids is 1. The fourth-order valence-electron chi connectivity index (χ4n) is 1.16. The molecular weight excluding hydrogens is 298 g/mol. The lowest BCUT2D eigenvalue weighted by Gasteiger charge is -2.07. The third kappa shape index (κ3) is 4.55. The molecule has 10 heteroatoms. The molecule has 110 valence electrons. The molecule has 3 N–H and O–H groups in total. The van der Waals surface area contributed by atoms with Crippen LogP contribution < -0.4 is 10.0 Å². The fraction of sp³-hybridized carbons (Fsp3) is 0.200. The lowest BCUT2D eigenvalue weighted by Crippen LogP contribution is -2.39. The first-order valence-electron chi connectivity index (χ1n) is 5.15. The van der Waals surface area contributed by atoms with Crippen LogP contribution in [-0.2, 0) is 19.6 Å². The van der Waals surface area contributed by atoms with E-state index in [0.717, 1.165) is 6.07 Å². The SMILES string of the molecule is O=C(O)CNC(=O)CNS(=O)(=O)c1cc(F)ccc1F. The number of hydrogen-bond acceptors (Lipinski definition) is 4. The Morgan fingerprint density at radius 1 is 1.20 bits per heavy atom. The molecule has 0 unspecified atom stereocenters. The summed E-state index contributed by atoms with van der Waals surface area (Å²) in [6.45, 7) is -1.49. The van der Waals surface area contributed by atoms with Crippen molar-refractivity contribution < 1.29 is 31.9 Å². The Morgan fingerprint density at radius 2 is 1.85 bits per heavy atom. The van der Waals surface area contributed by atoms with Gasteiger partial charge in [-0.2, -0.15) is 0 Å². The zero-order valence-corrected chi connectivity index (χ0v) is 10.7. The zero-order valence-electron chi connectivity index (χ0n) is 9.89. The summed E-state index contributed by atoms with van der Waals surface area (Å²) in [5.74, 6) is -4.36. The monoisotopic (exact) mass is 308 g/mol. The van der Waals surface area contributed by atoms with Crippen LogP contribution in [0, 0.1) is 11.6 Å². The van der Waals surface area contributed by atoms with Gasteiger partial charge in [-0.15, -0.1) is 0 Å². The van der Waals surface area contributed by atoms with Gasteiger partial charge in [-0.25, -0.2) is 21.9 Å². The summed E-state index contributed by atoms with van der Waals surface area (Å²) >= 11 is 0. The summed E-state index contributed by atoms with van der Waals surface area (Å²) in [7, 11) is -4.42. The van der Waals surface area contributed by atoms with Gasteiger partial charge in [-0.1, -0.05) is 0 Å². The van der Waals surface area contributed by atoms with E-state index in [2.05, 4.69) is 0 Å². The molecular formula is C10H10F2N2O5S. The average Bonchev–Trinajstić information content (AvgIpc) is 2.36. The van der Waals surface area contributed by atoms with Crippen LogP contribution in [0.1, 0.15) is 0 Å². The summed E-state index contributed by atoms with van der Waals surface area (Å²) in [5.41, 5.74) is 0. The summed E-state index contributed by atoms with van der Waals surface area (Å²) in [6, 6.07) is 1.84. The molecule has 0 aliphatic rings. The van der Waals surface area contributed by atoms with E-state index in [4.69, 9.17) is 5.11 Å². The highest BCUT2D eigenvalue weighted by atomic mass is 32.2. The average molecular weight is 308 g/mol. The number of carbonyl (C=O) groups is 2. The van der Waals surface area contributed by atoms with E-state index in [9.17, 15) is 26.8 Å². The number of amides is 1. The van der Waals surface area contributed by atoms with E-state index in [1.165, 1.54) is 0 Å². The second kappa shape index (κ2) is 6.39. The topological polar surface area (TPSA) is 113 Å². The summed E-state index contributed by atoms with van der Waals surface area (Å²) in [6.07, 6.45) is 0. The van der Waals surface area contributed by atoms with E-state index < -0.39 is 51.5 Å². The number of benzene rings is 1. The molecule has 0 spiro atoms. The van der Waals surface area contributed by atoms with Gasteiger partial charge >= 0.3 is 5.97 Å². The van der Waals surface area contributed by atoms with Crippen LogP contribution in [0.2, 0.25) is 0 Å². The Balaban J connectivity index is 2.73. The minimum atomic E-state index is -4.42. The predicted molar refractivity (Wildman–Crippen MR) is 62.2 cm³/mol. The molecule has 0 fully saturated rings. The van der Waals surface area contributed by atoms with Crippen LogP contribution in [0.15, 0.2) is 23.1 Å². The molecule has 0 saturated heterocycles. The fourth-order valence-corrected chi connectivity index (χ4v) is 2.23. The third-order valence-corrected chi connectivity index (χ3v) is 3.46. The second-order valence-electron chi connectivity index (χ2n) is 3.57. The highest BCUT2D eigenvalue weighted by Crippen LogP contribution is 2.15. The Hall–Kier alpha value is -2.07. The van der Waals surface area contributed by atoms with Crippen molar-refractivity contribution in [1.82, 2.24) is 10.0 Å². The van der Waals surface area contributed by atoms with Gasteiger partial charge in [0.2, 0.25) is 15.9 Å². The Morgan fingerprint density at radius 3 is 2.45 bits per heavy atom. The summed E-state index contributed by atoms with van der Waals surface area (Å²) < 4.78 is 51.2. The number of sulfonamides is 1. The van der Waals surface area contributed by atoms with Crippen molar-refractivity contribution in [3.05, 3.63) is 29.8 Å².